The van der Waals surface area contributed by atoms with Crippen LogP contribution in [0, 0.1) is 13.8 Å². The lowest BCUT2D eigenvalue weighted by atomic mass is 10.1. The zero-order valence-corrected chi connectivity index (χ0v) is 16.8. The topological polar surface area (TPSA) is 45.4 Å². The number of anilines is 3. The summed E-state index contributed by atoms with van der Waals surface area (Å²) >= 11 is 0. The molecule has 5 heteroatoms. The van der Waals surface area contributed by atoms with E-state index in [1.165, 1.54) is 0 Å². The Morgan fingerprint density at radius 3 is 2.68 bits per heavy atom. The van der Waals surface area contributed by atoms with Gasteiger partial charge in [-0.05, 0) is 64.4 Å². The summed E-state index contributed by atoms with van der Waals surface area (Å²) in [6.07, 6.45) is 1.72. The van der Waals surface area contributed by atoms with E-state index in [0.29, 0.717) is 5.71 Å². The van der Waals surface area contributed by atoms with E-state index >= 15 is 0 Å². The average molecular weight is 373 g/mol. The van der Waals surface area contributed by atoms with E-state index in [-0.39, 0.29) is 6.17 Å². The molecule has 0 amide bonds. The maximum atomic E-state index is 8.71. The van der Waals surface area contributed by atoms with Crippen molar-refractivity contribution >= 4 is 39.3 Å². The number of aromatic nitrogens is 2. The maximum Gasteiger partial charge on any atom is 0.227 e. The minimum Gasteiger partial charge on any atom is -0.435 e. The number of fused-ring (bicyclic) bond motifs is 4. The van der Waals surface area contributed by atoms with Crippen molar-refractivity contribution in [1.82, 2.24) is 9.97 Å². The van der Waals surface area contributed by atoms with Gasteiger partial charge in [-0.25, -0.2) is 9.97 Å². The molecule has 5 rings (SSSR count). The Morgan fingerprint density at radius 1 is 1.11 bits per heavy atom. The minimum absolute atomic E-state index is 0.0837. The molecule has 0 spiro atoms. The second kappa shape index (κ2) is 5.96. The lowest BCUT2D eigenvalue weighted by Gasteiger charge is -2.33. The maximum absolute atomic E-state index is 8.71. The molecule has 0 unspecified atom stereocenters. The van der Waals surface area contributed by atoms with Crippen molar-refractivity contribution in [1.29, 1.82) is 0 Å². The summed E-state index contributed by atoms with van der Waals surface area (Å²) in [7, 11) is 0. The standard InChI is InChI=1S/C23H24N4O/c1-13(2)26-16(5)27(22-19(26)7-6-12-24-22)20-14(3)8-10-17-18-11-9-15(4)25-23(18)28-21(17)20/h6-13,16H,1-5H3/t16-/m0/s1/i13D. The van der Waals surface area contributed by atoms with Gasteiger partial charge in [-0.3, -0.25) is 0 Å². The molecule has 1 aliphatic heterocycles. The van der Waals surface area contributed by atoms with Crippen molar-refractivity contribution in [3.05, 3.63) is 53.9 Å². The van der Waals surface area contributed by atoms with Crippen LogP contribution in [0.2, 0.25) is 0 Å². The first-order valence-corrected chi connectivity index (χ1v) is 9.60. The second-order valence-corrected chi connectivity index (χ2v) is 7.68. The van der Waals surface area contributed by atoms with Crippen molar-refractivity contribution in [3.8, 4) is 0 Å². The minimum atomic E-state index is -0.791. The number of aryl methyl sites for hydroxylation is 2. The first-order valence-electron chi connectivity index (χ1n) is 10.1. The molecule has 0 fully saturated rings. The summed E-state index contributed by atoms with van der Waals surface area (Å²) < 4.78 is 15.0. The van der Waals surface area contributed by atoms with Crippen LogP contribution in [0.25, 0.3) is 22.1 Å². The quantitative estimate of drug-likeness (QED) is 0.451. The molecule has 1 aliphatic rings. The van der Waals surface area contributed by atoms with Crippen LogP contribution in [0.3, 0.4) is 0 Å². The summed E-state index contributed by atoms with van der Waals surface area (Å²) in [5, 5.41) is 2.05. The van der Waals surface area contributed by atoms with Gasteiger partial charge in [-0.15, -0.1) is 0 Å². The fourth-order valence-electron chi connectivity index (χ4n) is 4.36. The molecule has 0 saturated carbocycles. The van der Waals surface area contributed by atoms with Crippen LogP contribution in [0.5, 0.6) is 0 Å². The van der Waals surface area contributed by atoms with Gasteiger partial charge in [-0.1, -0.05) is 12.1 Å². The molecule has 4 aromatic rings. The van der Waals surface area contributed by atoms with Gasteiger partial charge in [0, 0.05) is 28.7 Å². The predicted octanol–water partition coefficient (Wildman–Crippen LogP) is 5.71. The van der Waals surface area contributed by atoms with Crippen molar-refractivity contribution < 1.29 is 5.79 Å². The highest BCUT2D eigenvalue weighted by atomic mass is 16.3. The molecule has 0 bridgehead atoms. The Hall–Kier alpha value is -3.08. The van der Waals surface area contributed by atoms with Gasteiger partial charge >= 0.3 is 0 Å². The van der Waals surface area contributed by atoms with E-state index in [1.807, 2.05) is 39.0 Å². The number of pyridine rings is 2. The molecule has 1 atom stereocenters. The van der Waals surface area contributed by atoms with Gasteiger partial charge in [0.05, 0.1) is 12.7 Å². The van der Waals surface area contributed by atoms with E-state index in [9.17, 15) is 0 Å². The lowest BCUT2D eigenvalue weighted by Crippen LogP contribution is -2.42. The molecule has 0 radical (unpaired) electrons. The molecular formula is C23H24N4O. The highest BCUT2D eigenvalue weighted by molar-refractivity contribution is 6.09. The molecule has 142 valence electrons. The predicted molar refractivity (Wildman–Crippen MR) is 114 cm³/mol. The number of nitrogens with zero attached hydrogens (tertiary/aromatic N) is 4. The third-order valence-electron chi connectivity index (χ3n) is 5.55. The van der Waals surface area contributed by atoms with Gasteiger partial charge in [0.1, 0.15) is 6.17 Å². The SMILES string of the molecule is [2H]C(C)(C)N1c2cccnc2N(c2c(C)ccc3c2oc2nc(C)ccc23)[C@H]1C. The molecule has 3 aromatic heterocycles. The largest absolute Gasteiger partial charge is 0.435 e. The molecule has 0 aliphatic carbocycles. The molecule has 4 heterocycles. The third-order valence-corrected chi connectivity index (χ3v) is 5.55. The van der Waals surface area contributed by atoms with Crippen LogP contribution < -0.4 is 9.80 Å². The number of furan rings is 1. The Bertz CT molecular complexity index is 1260. The molecule has 0 N–H and O–H groups in total. The smallest absolute Gasteiger partial charge is 0.227 e. The lowest BCUT2D eigenvalue weighted by molar-refractivity contribution is 0.601. The van der Waals surface area contributed by atoms with E-state index in [4.69, 9.17) is 10.8 Å². The number of benzene rings is 1. The van der Waals surface area contributed by atoms with Crippen molar-refractivity contribution in [2.45, 2.75) is 46.8 Å². The van der Waals surface area contributed by atoms with Gasteiger partial charge in [0.15, 0.2) is 11.4 Å². The van der Waals surface area contributed by atoms with E-state index in [2.05, 4.69) is 46.8 Å². The van der Waals surface area contributed by atoms with Gasteiger partial charge in [0.2, 0.25) is 5.71 Å². The van der Waals surface area contributed by atoms with E-state index < -0.39 is 6.02 Å². The number of hydrogen-bond donors (Lipinski definition) is 0. The Labute approximate surface area is 166 Å². The highest BCUT2D eigenvalue weighted by Crippen LogP contribution is 2.47. The monoisotopic (exact) mass is 373 g/mol. The van der Waals surface area contributed by atoms with Gasteiger partial charge in [0.25, 0.3) is 0 Å². The fraction of sp³-hybridized carbons (Fsp3) is 0.304. The first-order chi connectivity index (χ1) is 13.8. The summed E-state index contributed by atoms with van der Waals surface area (Å²) in [6.45, 7) is 9.98. The average Bonchev–Trinajstić information content (AvgIpc) is 3.15. The normalized spacial score (nSPS) is 17.5. The van der Waals surface area contributed by atoms with Crippen molar-refractivity contribution in [3.63, 3.8) is 0 Å². The summed E-state index contributed by atoms with van der Waals surface area (Å²) in [4.78, 5) is 13.6. The zero-order valence-electron chi connectivity index (χ0n) is 17.8. The van der Waals surface area contributed by atoms with Crippen LogP contribution >= 0.6 is 0 Å². The van der Waals surface area contributed by atoms with Crippen LogP contribution in [-0.2, 0) is 0 Å². The van der Waals surface area contributed by atoms with Crippen LogP contribution in [0.1, 0.15) is 33.4 Å². The Kier molecular flexibility index (Phi) is 3.39. The fourth-order valence-corrected chi connectivity index (χ4v) is 4.36. The molecular weight excluding hydrogens is 348 g/mol. The second-order valence-electron chi connectivity index (χ2n) is 7.68. The van der Waals surface area contributed by atoms with Crippen LogP contribution in [0.4, 0.5) is 17.2 Å². The first kappa shape index (κ1) is 15.9. The zero-order chi connectivity index (χ0) is 20.5. The molecule has 0 saturated heterocycles. The number of hydrogen-bond acceptors (Lipinski definition) is 5. The third kappa shape index (κ3) is 2.25. The summed E-state index contributed by atoms with van der Waals surface area (Å²) in [5.41, 5.74) is 5.43. The Balaban J connectivity index is 1.81. The highest BCUT2D eigenvalue weighted by Gasteiger charge is 2.38. The van der Waals surface area contributed by atoms with Crippen molar-refractivity contribution in [2.24, 2.45) is 0 Å². The van der Waals surface area contributed by atoms with Gasteiger partial charge < -0.3 is 14.2 Å². The molecule has 28 heavy (non-hydrogen) atoms. The van der Waals surface area contributed by atoms with E-state index in [0.717, 1.165) is 44.8 Å². The van der Waals surface area contributed by atoms with Gasteiger partial charge in [-0.2, -0.15) is 0 Å². The van der Waals surface area contributed by atoms with Crippen LogP contribution in [-0.4, -0.2) is 22.2 Å². The summed E-state index contributed by atoms with van der Waals surface area (Å²) in [5.74, 6) is 0.848. The van der Waals surface area contributed by atoms with Crippen molar-refractivity contribution in [2.75, 3.05) is 9.80 Å². The summed E-state index contributed by atoms with van der Waals surface area (Å²) in [6, 6.07) is 11.5. The van der Waals surface area contributed by atoms with Crippen LogP contribution in [0.15, 0.2) is 47.0 Å². The van der Waals surface area contributed by atoms with E-state index in [1.54, 1.807) is 6.20 Å². The Morgan fingerprint density at radius 2 is 1.89 bits per heavy atom. The molecule has 1 aromatic carbocycles. The number of rotatable bonds is 2. The molecule has 5 nitrogen and oxygen atoms in total.